The number of methoxy groups -OCH3 is 1. The van der Waals surface area contributed by atoms with E-state index in [-0.39, 0.29) is 25.7 Å². The lowest BCUT2D eigenvalue weighted by Crippen LogP contribution is -2.40. The zero-order valence-corrected chi connectivity index (χ0v) is 15.1. The first-order valence-corrected chi connectivity index (χ1v) is 8.19. The van der Waals surface area contributed by atoms with Gasteiger partial charge in [-0.1, -0.05) is 30.1 Å². The van der Waals surface area contributed by atoms with Crippen LogP contribution < -0.4 is 4.74 Å². The zero-order valence-electron chi connectivity index (χ0n) is 13.6. The Morgan fingerprint density at radius 3 is 2.62 bits per heavy atom. The Morgan fingerprint density at radius 2 is 2.04 bits per heavy atom. The molecule has 24 heavy (non-hydrogen) atoms. The smallest absolute Gasteiger partial charge is 0.310 e. The highest BCUT2D eigenvalue weighted by molar-refractivity contribution is 6.35. The Morgan fingerprint density at radius 1 is 1.33 bits per heavy atom. The number of benzene rings is 1. The molecule has 0 aromatic heterocycles. The number of hydrogen-bond donors (Lipinski definition) is 1. The number of hydrogen-bond acceptors (Lipinski definition) is 5. The third-order valence-corrected chi connectivity index (χ3v) is 3.81. The van der Waals surface area contributed by atoms with Crippen molar-refractivity contribution in [3.63, 3.8) is 0 Å². The van der Waals surface area contributed by atoms with E-state index in [1.807, 2.05) is 0 Å². The maximum atomic E-state index is 12.3. The molecule has 0 radical (unpaired) electrons. The lowest BCUT2D eigenvalue weighted by Gasteiger charge is -2.25. The van der Waals surface area contributed by atoms with Gasteiger partial charge in [0, 0.05) is 24.7 Å². The van der Waals surface area contributed by atoms with E-state index >= 15 is 0 Å². The molecule has 0 heterocycles. The van der Waals surface area contributed by atoms with Crippen molar-refractivity contribution in [3.8, 4) is 5.75 Å². The second-order valence-electron chi connectivity index (χ2n) is 5.20. The molecule has 0 aliphatic rings. The molecule has 8 heteroatoms. The predicted molar refractivity (Wildman–Crippen MR) is 91.4 cm³/mol. The lowest BCUT2D eigenvalue weighted by atomic mass is 10.1. The summed E-state index contributed by atoms with van der Waals surface area (Å²) in [5.74, 6) is -0.849. The molecule has 0 aliphatic carbocycles. The van der Waals surface area contributed by atoms with Gasteiger partial charge in [0.25, 0.3) is 5.91 Å². The van der Waals surface area contributed by atoms with Gasteiger partial charge >= 0.3 is 5.97 Å². The second kappa shape index (κ2) is 10.4. The van der Waals surface area contributed by atoms with Crippen LogP contribution in [0.3, 0.4) is 0 Å². The van der Waals surface area contributed by atoms with Crippen molar-refractivity contribution < 1.29 is 24.2 Å². The number of rotatable bonds is 9. The molecule has 0 bridgehead atoms. The van der Waals surface area contributed by atoms with Crippen molar-refractivity contribution >= 4 is 35.1 Å². The van der Waals surface area contributed by atoms with Crippen LogP contribution in [0.5, 0.6) is 5.75 Å². The number of esters is 1. The maximum absolute atomic E-state index is 12.3. The summed E-state index contributed by atoms with van der Waals surface area (Å²) >= 11 is 11.8. The van der Waals surface area contributed by atoms with E-state index in [1.165, 1.54) is 18.1 Å². The van der Waals surface area contributed by atoms with Gasteiger partial charge in [0.1, 0.15) is 5.75 Å². The first-order chi connectivity index (χ1) is 11.4. The van der Waals surface area contributed by atoms with Crippen LogP contribution in [-0.4, -0.2) is 55.3 Å². The van der Waals surface area contributed by atoms with Crippen LogP contribution in [0.15, 0.2) is 18.2 Å². The molecule has 1 amide bonds. The van der Waals surface area contributed by atoms with Gasteiger partial charge in [-0.05, 0) is 24.6 Å². The molecular weight excluding hydrogens is 357 g/mol. The Bertz CT molecular complexity index is 567. The van der Waals surface area contributed by atoms with E-state index < -0.39 is 11.9 Å². The molecule has 134 valence electrons. The van der Waals surface area contributed by atoms with Crippen molar-refractivity contribution in [1.82, 2.24) is 4.90 Å². The molecule has 1 aromatic carbocycles. The van der Waals surface area contributed by atoms with Gasteiger partial charge in [-0.3, -0.25) is 9.59 Å². The Labute approximate surface area is 151 Å². The monoisotopic (exact) mass is 377 g/mol. The summed E-state index contributed by atoms with van der Waals surface area (Å²) in [5, 5.41) is 9.74. The highest BCUT2D eigenvalue weighted by Gasteiger charge is 2.21. The Kier molecular flexibility index (Phi) is 8.89. The fourth-order valence-electron chi connectivity index (χ4n) is 2.01. The fourth-order valence-corrected chi connectivity index (χ4v) is 2.47. The lowest BCUT2D eigenvalue weighted by molar-refractivity contribution is -0.146. The van der Waals surface area contributed by atoms with E-state index in [4.69, 9.17) is 33.0 Å². The van der Waals surface area contributed by atoms with Crippen LogP contribution >= 0.6 is 23.2 Å². The van der Waals surface area contributed by atoms with Crippen molar-refractivity contribution in [2.45, 2.75) is 13.3 Å². The third-order valence-electron chi connectivity index (χ3n) is 3.28. The molecule has 1 unspecified atom stereocenters. The zero-order chi connectivity index (χ0) is 18.1. The first-order valence-electron chi connectivity index (χ1n) is 7.43. The van der Waals surface area contributed by atoms with E-state index in [2.05, 4.69) is 4.74 Å². The number of aliphatic hydroxyl groups is 1. The van der Waals surface area contributed by atoms with Crippen molar-refractivity contribution in [3.05, 3.63) is 28.2 Å². The van der Waals surface area contributed by atoms with Gasteiger partial charge in [-0.15, -0.1) is 0 Å². The van der Waals surface area contributed by atoms with Gasteiger partial charge in [-0.25, -0.2) is 0 Å². The average molecular weight is 378 g/mol. The number of carbonyl (C=O) groups excluding carboxylic acids is 2. The molecule has 0 fully saturated rings. The molecule has 0 spiro atoms. The van der Waals surface area contributed by atoms with Gasteiger partial charge in [0.15, 0.2) is 6.61 Å². The van der Waals surface area contributed by atoms with Crippen LogP contribution in [0.4, 0.5) is 0 Å². The molecule has 1 rings (SSSR count). The molecule has 0 saturated heterocycles. The number of halogens is 2. The maximum Gasteiger partial charge on any atom is 0.310 e. The van der Waals surface area contributed by atoms with Crippen LogP contribution in [0.1, 0.15) is 13.3 Å². The number of aliphatic hydroxyl groups excluding tert-OH is 1. The highest BCUT2D eigenvalue weighted by atomic mass is 35.5. The Balaban J connectivity index is 2.67. The quantitative estimate of drug-likeness (QED) is 0.668. The minimum absolute atomic E-state index is 0.0553. The minimum Gasteiger partial charge on any atom is -0.482 e. The third kappa shape index (κ3) is 6.55. The molecule has 1 aromatic rings. The average Bonchev–Trinajstić information content (AvgIpc) is 2.56. The van der Waals surface area contributed by atoms with Crippen LogP contribution in [0.2, 0.25) is 10.0 Å². The number of amides is 1. The van der Waals surface area contributed by atoms with E-state index in [1.54, 1.807) is 19.1 Å². The highest BCUT2D eigenvalue weighted by Crippen LogP contribution is 2.27. The van der Waals surface area contributed by atoms with E-state index in [0.717, 1.165) is 0 Å². The number of nitrogens with zero attached hydrogens (tertiary/aromatic N) is 1. The normalized spacial score (nSPS) is 11.7. The molecule has 1 N–H and O–H groups in total. The molecule has 0 saturated carbocycles. The minimum atomic E-state index is -0.475. The summed E-state index contributed by atoms with van der Waals surface area (Å²) in [6.07, 6.45) is 0.404. The predicted octanol–water partition coefficient (Wildman–Crippen LogP) is 2.39. The van der Waals surface area contributed by atoms with Crippen molar-refractivity contribution in [1.29, 1.82) is 0 Å². The van der Waals surface area contributed by atoms with E-state index in [9.17, 15) is 9.59 Å². The van der Waals surface area contributed by atoms with E-state index in [0.29, 0.717) is 28.8 Å². The van der Waals surface area contributed by atoms with Crippen LogP contribution in [-0.2, 0) is 14.3 Å². The number of ether oxygens (including phenoxy) is 2. The second-order valence-corrected chi connectivity index (χ2v) is 6.05. The number of carbonyl (C=O) groups is 2. The SMILES string of the molecule is COC(=O)C(C)CN(CCCO)C(=O)COc1ccc(Cl)cc1Cl. The van der Waals surface area contributed by atoms with Crippen LogP contribution in [0.25, 0.3) is 0 Å². The summed E-state index contributed by atoms with van der Waals surface area (Å²) in [5.41, 5.74) is 0. The molecule has 6 nitrogen and oxygen atoms in total. The van der Waals surface area contributed by atoms with Gasteiger partial charge in [-0.2, -0.15) is 0 Å². The molecular formula is C16H21Cl2NO5. The van der Waals surface area contributed by atoms with Gasteiger partial charge in [0.05, 0.1) is 18.1 Å². The topological polar surface area (TPSA) is 76.1 Å². The first kappa shape index (κ1) is 20.5. The standard InChI is InChI=1S/C16H21Cl2NO5/c1-11(16(22)23-2)9-19(6-3-7-20)15(21)10-24-14-5-4-12(17)8-13(14)18/h4-5,8,11,20H,3,6-7,9-10H2,1-2H3. The summed E-state index contributed by atoms with van der Waals surface area (Å²) in [7, 11) is 1.30. The van der Waals surface area contributed by atoms with Crippen LogP contribution in [0, 0.1) is 5.92 Å². The van der Waals surface area contributed by atoms with Crippen molar-refractivity contribution in [2.24, 2.45) is 5.92 Å². The molecule has 0 aliphatic heterocycles. The largest absolute Gasteiger partial charge is 0.482 e. The fraction of sp³-hybridized carbons (Fsp3) is 0.500. The molecule has 1 atom stereocenters. The summed E-state index contributed by atoms with van der Waals surface area (Å²) in [6, 6.07) is 4.70. The summed E-state index contributed by atoms with van der Waals surface area (Å²) < 4.78 is 10.1. The van der Waals surface area contributed by atoms with Gasteiger partial charge < -0.3 is 19.5 Å². The van der Waals surface area contributed by atoms with Gasteiger partial charge in [0.2, 0.25) is 0 Å². The Hall–Kier alpha value is -1.50. The summed E-state index contributed by atoms with van der Waals surface area (Å²) in [6.45, 7) is 1.88. The van der Waals surface area contributed by atoms with Crippen molar-refractivity contribution in [2.75, 3.05) is 33.4 Å². The summed E-state index contributed by atoms with van der Waals surface area (Å²) in [4.78, 5) is 25.3.